The van der Waals surface area contributed by atoms with Gasteiger partial charge >= 0.3 is 6.03 Å². The third kappa shape index (κ3) is 3.25. The van der Waals surface area contributed by atoms with Crippen molar-refractivity contribution in [3.05, 3.63) is 66.0 Å². The molecule has 0 spiro atoms. The van der Waals surface area contributed by atoms with Crippen LogP contribution in [0, 0.1) is 0 Å². The maximum atomic E-state index is 12.4. The monoisotopic (exact) mass is 360 g/mol. The number of hydrogen-bond donors (Lipinski definition) is 5. The Hall–Kier alpha value is -4.00. The average molecular weight is 360 g/mol. The molecule has 1 aliphatic heterocycles. The highest BCUT2D eigenvalue weighted by molar-refractivity contribution is 6.35. The van der Waals surface area contributed by atoms with Gasteiger partial charge in [0.15, 0.2) is 0 Å². The van der Waals surface area contributed by atoms with Gasteiger partial charge in [0.25, 0.3) is 5.91 Å². The molecule has 7 nitrogen and oxygen atoms in total. The van der Waals surface area contributed by atoms with Crippen molar-refractivity contribution in [3.8, 4) is 16.9 Å². The summed E-state index contributed by atoms with van der Waals surface area (Å²) in [5, 5.41) is 14.9. The molecule has 0 radical (unpaired) electrons. The summed E-state index contributed by atoms with van der Waals surface area (Å²) in [6, 6.07) is 13.2. The minimum Gasteiger partial charge on any atom is -0.508 e. The van der Waals surface area contributed by atoms with Crippen molar-refractivity contribution in [1.82, 2.24) is 4.98 Å². The number of nitrogens with two attached hydrogens (primary N) is 1. The fourth-order valence-electron chi connectivity index (χ4n) is 3.05. The van der Waals surface area contributed by atoms with E-state index >= 15 is 0 Å². The molecule has 0 atom stereocenters. The van der Waals surface area contributed by atoms with E-state index in [2.05, 4.69) is 15.6 Å². The minimum atomic E-state index is -0.669. The second-order valence-corrected chi connectivity index (χ2v) is 6.16. The minimum absolute atomic E-state index is 0.187. The number of aromatic amines is 1. The smallest absolute Gasteiger partial charge is 0.316 e. The van der Waals surface area contributed by atoms with E-state index in [4.69, 9.17) is 5.73 Å². The van der Waals surface area contributed by atoms with E-state index in [9.17, 15) is 14.7 Å². The Labute approximate surface area is 154 Å². The second kappa shape index (κ2) is 6.38. The maximum absolute atomic E-state index is 12.4. The first-order valence-electron chi connectivity index (χ1n) is 8.21. The number of rotatable bonds is 3. The second-order valence-electron chi connectivity index (χ2n) is 6.16. The molecule has 0 bridgehead atoms. The van der Waals surface area contributed by atoms with Gasteiger partial charge in [-0.25, -0.2) is 4.79 Å². The Kier molecular flexibility index (Phi) is 3.89. The molecule has 2 heterocycles. The van der Waals surface area contributed by atoms with Gasteiger partial charge < -0.3 is 26.5 Å². The molecular formula is C20H16N4O3. The number of hydrogen-bond acceptors (Lipinski definition) is 3. The molecule has 7 heteroatoms. The zero-order valence-electron chi connectivity index (χ0n) is 14.1. The number of carbonyl (C=O) groups excluding carboxylic acids is 2. The van der Waals surface area contributed by atoms with Gasteiger partial charge in [-0.05, 0) is 53.6 Å². The van der Waals surface area contributed by atoms with Crippen molar-refractivity contribution < 1.29 is 14.7 Å². The molecule has 3 aromatic rings. The Morgan fingerprint density at radius 1 is 1.11 bits per heavy atom. The molecule has 0 unspecified atom stereocenters. The number of benzene rings is 2. The molecule has 0 saturated carbocycles. The number of amides is 3. The van der Waals surface area contributed by atoms with Crippen LogP contribution in [0.1, 0.15) is 11.3 Å². The number of phenolic OH excluding ortho intramolecular Hbond substituents is 1. The lowest BCUT2D eigenvalue weighted by Crippen LogP contribution is -2.19. The van der Waals surface area contributed by atoms with Crippen LogP contribution in [0.2, 0.25) is 0 Å². The van der Waals surface area contributed by atoms with Gasteiger partial charge in [0, 0.05) is 28.8 Å². The summed E-state index contributed by atoms with van der Waals surface area (Å²) in [4.78, 5) is 26.5. The number of aromatic nitrogens is 1. The number of phenols is 1. The summed E-state index contributed by atoms with van der Waals surface area (Å²) < 4.78 is 0. The molecular weight excluding hydrogens is 344 g/mol. The largest absolute Gasteiger partial charge is 0.508 e. The van der Waals surface area contributed by atoms with Gasteiger partial charge in [0.2, 0.25) is 0 Å². The predicted molar refractivity (Wildman–Crippen MR) is 104 cm³/mol. The number of nitrogens with one attached hydrogen (secondary N) is 3. The molecule has 3 amide bonds. The lowest BCUT2D eigenvalue weighted by molar-refractivity contribution is -0.110. The van der Waals surface area contributed by atoms with Gasteiger partial charge in [-0.1, -0.05) is 12.1 Å². The van der Waals surface area contributed by atoms with E-state index in [1.165, 1.54) is 0 Å². The van der Waals surface area contributed by atoms with Crippen LogP contribution >= 0.6 is 0 Å². The fourth-order valence-corrected chi connectivity index (χ4v) is 3.05. The Bertz CT molecular complexity index is 1100. The highest BCUT2D eigenvalue weighted by Gasteiger charge is 2.24. The molecule has 0 fully saturated rings. The molecule has 27 heavy (non-hydrogen) atoms. The van der Waals surface area contributed by atoms with E-state index in [1.54, 1.807) is 48.7 Å². The SMILES string of the molecule is NC(=O)Nc1ccc2c(c1)/C(=C/c1cc(-c3cccc(O)c3)c[nH]1)C(=O)N2. The van der Waals surface area contributed by atoms with Crippen LogP contribution in [0.3, 0.4) is 0 Å². The lowest BCUT2D eigenvalue weighted by Gasteiger charge is -2.04. The van der Waals surface area contributed by atoms with Crippen LogP contribution in [-0.2, 0) is 4.79 Å². The van der Waals surface area contributed by atoms with Gasteiger partial charge in [0.05, 0.1) is 5.57 Å². The van der Waals surface area contributed by atoms with Gasteiger partial charge in [-0.3, -0.25) is 4.79 Å². The van der Waals surface area contributed by atoms with Crippen LogP contribution in [0.5, 0.6) is 5.75 Å². The molecule has 4 rings (SSSR count). The number of H-pyrrole nitrogens is 1. The summed E-state index contributed by atoms with van der Waals surface area (Å²) in [6.07, 6.45) is 3.54. The average Bonchev–Trinajstić information content (AvgIpc) is 3.20. The van der Waals surface area contributed by atoms with Crippen molar-refractivity contribution in [1.29, 1.82) is 0 Å². The van der Waals surface area contributed by atoms with E-state index in [-0.39, 0.29) is 11.7 Å². The third-order valence-corrected chi connectivity index (χ3v) is 4.25. The summed E-state index contributed by atoms with van der Waals surface area (Å²) in [7, 11) is 0. The zero-order chi connectivity index (χ0) is 19.0. The van der Waals surface area contributed by atoms with Crippen molar-refractivity contribution in [2.45, 2.75) is 0 Å². The van der Waals surface area contributed by atoms with Crippen molar-refractivity contribution in [2.75, 3.05) is 10.6 Å². The van der Waals surface area contributed by atoms with E-state index in [0.717, 1.165) is 16.8 Å². The Morgan fingerprint density at radius 2 is 1.96 bits per heavy atom. The van der Waals surface area contributed by atoms with Gasteiger partial charge in [-0.15, -0.1) is 0 Å². The van der Waals surface area contributed by atoms with Crippen LogP contribution in [-0.4, -0.2) is 22.0 Å². The van der Waals surface area contributed by atoms with E-state index in [1.807, 2.05) is 12.1 Å². The summed E-state index contributed by atoms with van der Waals surface area (Å²) in [6.45, 7) is 0. The molecule has 0 saturated heterocycles. The first-order valence-corrected chi connectivity index (χ1v) is 8.21. The normalized spacial score (nSPS) is 14.1. The first-order chi connectivity index (χ1) is 13.0. The molecule has 134 valence electrons. The maximum Gasteiger partial charge on any atom is 0.316 e. The number of primary amides is 1. The standard InChI is InChI=1S/C20H16N4O3/c21-20(27)23-13-4-5-18-16(8-13)17(19(26)24-18)9-14-6-12(10-22-14)11-2-1-3-15(25)7-11/h1-10,22,25H,(H,24,26)(H3,21,23,27)/b17-9-. The van der Waals surface area contributed by atoms with Crippen LogP contribution in [0.15, 0.2) is 54.7 Å². The zero-order valence-corrected chi connectivity index (χ0v) is 14.1. The fraction of sp³-hybridized carbons (Fsp3) is 0. The number of urea groups is 1. The van der Waals surface area contributed by atoms with Gasteiger partial charge in [-0.2, -0.15) is 0 Å². The number of aromatic hydroxyl groups is 1. The first kappa shape index (κ1) is 16.5. The van der Waals surface area contributed by atoms with Crippen molar-refractivity contribution in [3.63, 3.8) is 0 Å². The highest BCUT2D eigenvalue weighted by atomic mass is 16.3. The summed E-state index contributed by atoms with van der Waals surface area (Å²) >= 11 is 0. The molecule has 0 aliphatic carbocycles. The number of anilines is 2. The van der Waals surface area contributed by atoms with Crippen LogP contribution in [0.4, 0.5) is 16.2 Å². The topological polar surface area (TPSA) is 120 Å². The number of carbonyl (C=O) groups is 2. The van der Waals surface area contributed by atoms with Crippen LogP contribution in [0.25, 0.3) is 22.8 Å². The molecule has 6 N–H and O–H groups in total. The molecule has 2 aromatic carbocycles. The van der Waals surface area contributed by atoms with E-state index < -0.39 is 6.03 Å². The summed E-state index contributed by atoms with van der Waals surface area (Å²) in [5.41, 5.74) is 9.97. The van der Waals surface area contributed by atoms with Gasteiger partial charge in [0.1, 0.15) is 5.75 Å². The van der Waals surface area contributed by atoms with Crippen LogP contribution < -0.4 is 16.4 Å². The number of fused-ring (bicyclic) bond motifs is 1. The van der Waals surface area contributed by atoms with E-state index in [0.29, 0.717) is 22.5 Å². The highest BCUT2D eigenvalue weighted by Crippen LogP contribution is 2.35. The predicted octanol–water partition coefficient (Wildman–Crippen LogP) is 3.37. The quantitative estimate of drug-likeness (QED) is 0.461. The lowest BCUT2D eigenvalue weighted by atomic mass is 10.0. The third-order valence-electron chi connectivity index (χ3n) is 4.25. The molecule has 1 aliphatic rings. The molecule has 1 aromatic heterocycles. The van der Waals surface area contributed by atoms with Crippen molar-refractivity contribution >= 4 is 35.0 Å². The van der Waals surface area contributed by atoms with Crippen molar-refractivity contribution in [2.24, 2.45) is 5.73 Å². The summed E-state index contributed by atoms with van der Waals surface area (Å²) in [5.74, 6) is -0.0399. The Morgan fingerprint density at radius 3 is 2.74 bits per heavy atom. The Balaban J connectivity index is 1.69.